The summed E-state index contributed by atoms with van der Waals surface area (Å²) >= 11 is 19.0. The van der Waals surface area contributed by atoms with Crippen LogP contribution in [-0.2, 0) is 26.2 Å². The molecule has 3 aromatic rings. The zero-order chi connectivity index (χ0) is 32.0. The maximum absolute atomic E-state index is 14.3. The molecule has 2 amide bonds. The smallest absolute Gasteiger partial charge is 0.264 e. The summed E-state index contributed by atoms with van der Waals surface area (Å²) in [5.74, 6) is -0.534. The van der Waals surface area contributed by atoms with Gasteiger partial charge in [0.25, 0.3) is 10.0 Å². The summed E-state index contributed by atoms with van der Waals surface area (Å²) in [6.45, 7) is 3.03. The topological polar surface area (TPSA) is 96.0 Å². The van der Waals surface area contributed by atoms with Crippen molar-refractivity contribution < 1.29 is 22.7 Å². The molecular formula is C32H36Cl3N3O5S. The van der Waals surface area contributed by atoms with E-state index in [-0.39, 0.29) is 34.1 Å². The van der Waals surface area contributed by atoms with Crippen molar-refractivity contribution in [1.29, 1.82) is 0 Å². The van der Waals surface area contributed by atoms with Gasteiger partial charge in [-0.25, -0.2) is 8.42 Å². The molecule has 3 aromatic carbocycles. The number of nitrogens with zero attached hydrogens (tertiary/aromatic N) is 2. The van der Waals surface area contributed by atoms with Gasteiger partial charge in [-0.1, -0.05) is 78.3 Å². The molecule has 1 saturated carbocycles. The monoisotopic (exact) mass is 679 g/mol. The third kappa shape index (κ3) is 7.99. The van der Waals surface area contributed by atoms with E-state index < -0.39 is 28.5 Å². The Morgan fingerprint density at radius 2 is 1.66 bits per heavy atom. The maximum Gasteiger partial charge on any atom is 0.264 e. The Labute approximate surface area is 274 Å². The van der Waals surface area contributed by atoms with Gasteiger partial charge in [0.15, 0.2) is 0 Å². The predicted molar refractivity (Wildman–Crippen MR) is 175 cm³/mol. The second kappa shape index (κ2) is 14.9. The Bertz CT molecular complexity index is 1600. The Morgan fingerprint density at radius 3 is 2.25 bits per heavy atom. The van der Waals surface area contributed by atoms with Crippen LogP contribution in [0.5, 0.6) is 5.75 Å². The first-order chi connectivity index (χ1) is 20.9. The molecule has 1 atom stereocenters. The number of ether oxygens (including phenoxy) is 1. The first kappa shape index (κ1) is 33.9. The van der Waals surface area contributed by atoms with Gasteiger partial charge >= 0.3 is 0 Å². The van der Waals surface area contributed by atoms with Crippen LogP contribution in [0.15, 0.2) is 65.6 Å². The van der Waals surface area contributed by atoms with Crippen molar-refractivity contribution in [2.45, 2.75) is 69.5 Å². The Balaban J connectivity index is 1.76. The number of carbonyl (C=O) groups is 2. The summed E-state index contributed by atoms with van der Waals surface area (Å²) in [7, 11) is -2.80. The number of amides is 2. The van der Waals surface area contributed by atoms with Gasteiger partial charge in [0.1, 0.15) is 18.3 Å². The van der Waals surface area contributed by atoms with Crippen LogP contribution in [0.2, 0.25) is 15.1 Å². The minimum Gasteiger partial charge on any atom is -0.495 e. The van der Waals surface area contributed by atoms with Gasteiger partial charge in [0.05, 0.1) is 22.7 Å². The summed E-state index contributed by atoms with van der Waals surface area (Å²) in [6.07, 6.45) is 4.11. The van der Waals surface area contributed by atoms with E-state index in [1.165, 1.54) is 42.3 Å². The molecule has 0 radical (unpaired) electrons. The lowest BCUT2D eigenvalue weighted by molar-refractivity contribution is -0.140. The van der Waals surface area contributed by atoms with Crippen molar-refractivity contribution in [2.24, 2.45) is 0 Å². The normalized spacial score (nSPS) is 14.2. The lowest BCUT2D eigenvalue weighted by atomic mass is 10.1. The van der Waals surface area contributed by atoms with Crippen LogP contribution < -0.4 is 14.4 Å². The van der Waals surface area contributed by atoms with Gasteiger partial charge in [-0.2, -0.15) is 0 Å². The van der Waals surface area contributed by atoms with E-state index in [1.54, 1.807) is 30.3 Å². The summed E-state index contributed by atoms with van der Waals surface area (Å²) in [5, 5.41) is 4.02. The lowest BCUT2D eigenvalue weighted by Crippen LogP contribution is -2.53. The van der Waals surface area contributed by atoms with Gasteiger partial charge in [-0.3, -0.25) is 13.9 Å². The molecule has 4 rings (SSSR count). The number of methoxy groups -OCH3 is 1. The molecule has 1 aliphatic carbocycles. The Hall–Kier alpha value is -2.98. The Morgan fingerprint density at radius 1 is 0.977 bits per heavy atom. The van der Waals surface area contributed by atoms with Crippen molar-refractivity contribution in [1.82, 2.24) is 10.2 Å². The first-order valence-electron chi connectivity index (χ1n) is 14.4. The van der Waals surface area contributed by atoms with Crippen molar-refractivity contribution >= 4 is 62.3 Å². The number of anilines is 1. The molecule has 0 spiro atoms. The number of halogens is 3. The van der Waals surface area contributed by atoms with Crippen LogP contribution in [0.1, 0.15) is 50.2 Å². The number of sulfonamides is 1. The molecular weight excluding hydrogens is 645 g/mol. The molecule has 0 aromatic heterocycles. The fourth-order valence-electron chi connectivity index (χ4n) is 5.30. The number of aryl methyl sites for hydroxylation is 1. The zero-order valence-corrected chi connectivity index (χ0v) is 27.9. The quantitative estimate of drug-likeness (QED) is 0.222. The minimum absolute atomic E-state index is 0.00107. The van der Waals surface area contributed by atoms with Crippen molar-refractivity contribution in [3.63, 3.8) is 0 Å². The summed E-state index contributed by atoms with van der Waals surface area (Å²) < 4.78 is 34.4. The lowest BCUT2D eigenvalue weighted by Gasteiger charge is -2.34. The average molecular weight is 681 g/mol. The van der Waals surface area contributed by atoms with E-state index >= 15 is 0 Å². The van der Waals surface area contributed by atoms with Crippen molar-refractivity contribution in [3.8, 4) is 5.75 Å². The van der Waals surface area contributed by atoms with Crippen LogP contribution >= 0.6 is 34.8 Å². The Kier molecular flexibility index (Phi) is 11.5. The zero-order valence-electron chi connectivity index (χ0n) is 24.9. The maximum atomic E-state index is 14.3. The van der Waals surface area contributed by atoms with Crippen molar-refractivity contribution in [2.75, 3.05) is 18.0 Å². The van der Waals surface area contributed by atoms with Gasteiger partial charge < -0.3 is 15.0 Å². The highest BCUT2D eigenvalue weighted by Gasteiger charge is 2.35. The second-order valence-corrected chi connectivity index (χ2v) is 13.9. The van der Waals surface area contributed by atoms with E-state index in [4.69, 9.17) is 39.5 Å². The van der Waals surface area contributed by atoms with Gasteiger partial charge in [0, 0.05) is 22.6 Å². The molecule has 8 nitrogen and oxygen atoms in total. The second-order valence-electron chi connectivity index (χ2n) is 10.8. The molecule has 0 heterocycles. The van der Waals surface area contributed by atoms with Crippen LogP contribution in [0.25, 0.3) is 0 Å². The van der Waals surface area contributed by atoms with E-state index in [0.29, 0.717) is 27.8 Å². The van der Waals surface area contributed by atoms with Crippen molar-refractivity contribution in [3.05, 3.63) is 86.9 Å². The molecule has 1 fully saturated rings. The van der Waals surface area contributed by atoms with Gasteiger partial charge in [-0.15, -0.1) is 0 Å². The van der Waals surface area contributed by atoms with Crippen LogP contribution in [0.3, 0.4) is 0 Å². The van der Waals surface area contributed by atoms with E-state index in [2.05, 4.69) is 5.32 Å². The standard InChI is InChI=1S/C32H36Cl3N3O5S/c1-4-29(32(40)36-24-7-5-6-8-24)37(19-22-11-12-23(33)17-27(22)34)31(39)20-38(25-13-16-30(43-3)28(35)18-25)44(41,42)26-14-9-21(2)10-15-26/h9-18,24,29H,4-8,19-20H2,1-3H3,(H,36,40)/t29-/m1/s1. The highest BCUT2D eigenvalue weighted by molar-refractivity contribution is 7.92. The van der Waals surface area contributed by atoms with E-state index in [0.717, 1.165) is 35.6 Å². The van der Waals surface area contributed by atoms with Crippen LogP contribution in [0.4, 0.5) is 5.69 Å². The molecule has 44 heavy (non-hydrogen) atoms. The highest BCUT2D eigenvalue weighted by atomic mass is 35.5. The largest absolute Gasteiger partial charge is 0.495 e. The fraction of sp³-hybridized carbons (Fsp3) is 0.375. The highest BCUT2D eigenvalue weighted by Crippen LogP contribution is 2.33. The molecule has 1 N–H and O–H groups in total. The average Bonchev–Trinajstić information content (AvgIpc) is 3.50. The van der Waals surface area contributed by atoms with Gasteiger partial charge in [0.2, 0.25) is 11.8 Å². The minimum atomic E-state index is -4.25. The third-order valence-corrected chi connectivity index (χ3v) is 10.4. The third-order valence-electron chi connectivity index (χ3n) is 7.75. The molecule has 236 valence electrons. The number of carbonyl (C=O) groups excluding carboxylic acids is 2. The number of benzene rings is 3. The molecule has 0 bridgehead atoms. The van der Waals surface area contributed by atoms with Crippen LogP contribution in [-0.4, -0.2) is 50.9 Å². The first-order valence-corrected chi connectivity index (χ1v) is 17.0. The fourth-order valence-corrected chi connectivity index (χ4v) is 7.42. The van der Waals surface area contributed by atoms with Gasteiger partial charge in [-0.05, 0) is 74.2 Å². The molecule has 1 aliphatic rings. The molecule has 0 aliphatic heterocycles. The van der Waals surface area contributed by atoms with Crippen LogP contribution in [0, 0.1) is 6.92 Å². The number of nitrogens with one attached hydrogen (secondary N) is 1. The number of hydrogen-bond donors (Lipinski definition) is 1. The predicted octanol–water partition coefficient (Wildman–Crippen LogP) is 7.03. The summed E-state index contributed by atoms with van der Waals surface area (Å²) in [5.41, 5.74) is 1.61. The molecule has 12 heteroatoms. The van der Waals surface area contributed by atoms with E-state index in [9.17, 15) is 18.0 Å². The summed E-state index contributed by atoms with van der Waals surface area (Å²) in [6, 6.07) is 14.9. The SMILES string of the molecule is CC[C@H](C(=O)NC1CCCC1)N(Cc1ccc(Cl)cc1Cl)C(=O)CN(c1ccc(OC)c(Cl)c1)S(=O)(=O)c1ccc(C)cc1. The van der Waals surface area contributed by atoms with E-state index in [1.807, 2.05) is 13.8 Å². The molecule has 0 unspecified atom stereocenters. The number of rotatable bonds is 12. The summed E-state index contributed by atoms with van der Waals surface area (Å²) in [4.78, 5) is 29.3. The number of hydrogen-bond acceptors (Lipinski definition) is 5. The molecule has 0 saturated heterocycles.